The van der Waals surface area contributed by atoms with Crippen molar-refractivity contribution in [1.82, 2.24) is 9.71 Å². The summed E-state index contributed by atoms with van der Waals surface area (Å²) in [5.41, 5.74) is 1.54. The highest BCUT2D eigenvalue weighted by atomic mass is 35.5. The van der Waals surface area contributed by atoms with Crippen LogP contribution in [0.1, 0.15) is 73.0 Å². The molecule has 2 aliphatic heterocycles. The van der Waals surface area contributed by atoms with Crippen LogP contribution < -0.4 is 14.4 Å². The number of amides is 1. The zero-order chi connectivity index (χ0) is 33.3. The maximum atomic E-state index is 15.3. The Hall–Kier alpha value is -3.47. The summed E-state index contributed by atoms with van der Waals surface area (Å²) in [5, 5.41) is 12.1. The van der Waals surface area contributed by atoms with Crippen LogP contribution in [0.3, 0.4) is 0 Å². The zero-order valence-corrected chi connectivity index (χ0v) is 28.2. The number of fused-ring (bicyclic) bond motifs is 3. The molecule has 6 rings (SSSR count). The van der Waals surface area contributed by atoms with Crippen molar-refractivity contribution in [3.8, 4) is 5.75 Å². The lowest BCUT2D eigenvalue weighted by Gasteiger charge is -2.48. The van der Waals surface area contributed by atoms with Crippen LogP contribution >= 0.6 is 11.6 Å². The topological polar surface area (TPSA) is 109 Å². The minimum Gasteiger partial charge on any atom is -0.487 e. The standard InChI is InChI=1S/C36H41ClFN3O5S/c1-23-6-5-15-36(43,31-14-16-39-20-32(31)38)30-12-9-27(30)21-41-17-4-3-7-25-18-29(37)11-8-28(25)22-46-34-13-10-26(19-33(34)41)35(42)40-47(44,45)24(23)2/h5,8,10-11,13-16,18-20,23-24,27,30,43H,3-4,6-7,9,12,17,21-22H2,1-2H3,(H,40,42)/b15-5+/t23?,24?,27-,30?,36-/m0/s1. The van der Waals surface area contributed by atoms with Gasteiger partial charge in [0.05, 0.1) is 17.1 Å². The molecule has 5 atom stereocenters. The number of aromatic nitrogens is 1. The van der Waals surface area contributed by atoms with Crippen LogP contribution in [0.5, 0.6) is 5.75 Å². The Bertz CT molecular complexity index is 1790. The molecule has 8 nitrogen and oxygen atoms in total. The monoisotopic (exact) mass is 681 g/mol. The molecule has 1 aromatic heterocycles. The number of allylic oxidation sites excluding steroid dienone is 1. The summed E-state index contributed by atoms with van der Waals surface area (Å²) >= 11 is 6.33. The van der Waals surface area contributed by atoms with Crippen molar-refractivity contribution in [2.75, 3.05) is 18.0 Å². The fourth-order valence-corrected chi connectivity index (χ4v) is 8.56. The van der Waals surface area contributed by atoms with Gasteiger partial charge in [-0.1, -0.05) is 36.7 Å². The number of aryl methyl sites for hydroxylation is 1. The average molecular weight is 682 g/mol. The number of hydrogen-bond donors (Lipinski definition) is 2. The second-order valence-electron chi connectivity index (χ2n) is 13.2. The second kappa shape index (κ2) is 13.6. The van der Waals surface area contributed by atoms with E-state index in [1.807, 2.05) is 18.2 Å². The minimum atomic E-state index is -4.05. The first-order chi connectivity index (χ1) is 22.5. The fraction of sp³-hybridized carbons (Fsp3) is 0.444. The molecule has 1 amide bonds. The fourth-order valence-electron chi connectivity index (χ4n) is 7.08. The molecule has 0 saturated heterocycles. The van der Waals surface area contributed by atoms with E-state index < -0.39 is 38.5 Å². The molecule has 2 N–H and O–H groups in total. The lowest BCUT2D eigenvalue weighted by molar-refractivity contribution is -0.0521. The van der Waals surface area contributed by atoms with E-state index in [1.165, 1.54) is 12.3 Å². The molecule has 250 valence electrons. The molecule has 0 radical (unpaired) electrons. The number of nitrogens with zero attached hydrogens (tertiary/aromatic N) is 2. The summed E-state index contributed by atoms with van der Waals surface area (Å²) in [5.74, 6) is -1.45. The maximum Gasteiger partial charge on any atom is 0.264 e. The first kappa shape index (κ1) is 33.4. The van der Waals surface area contributed by atoms with Crippen molar-refractivity contribution in [2.45, 2.75) is 69.8 Å². The van der Waals surface area contributed by atoms with E-state index in [-0.39, 0.29) is 23.0 Å². The molecule has 3 aliphatic rings. The van der Waals surface area contributed by atoms with Gasteiger partial charge in [0.15, 0.2) is 0 Å². The highest BCUT2D eigenvalue weighted by Gasteiger charge is 2.48. The normalized spacial score (nSPS) is 28.7. The molecule has 1 aliphatic carbocycles. The molecular weight excluding hydrogens is 641 g/mol. The van der Waals surface area contributed by atoms with Crippen molar-refractivity contribution >= 4 is 33.2 Å². The Morgan fingerprint density at radius 3 is 2.70 bits per heavy atom. The van der Waals surface area contributed by atoms with Crippen LogP contribution in [0, 0.1) is 23.6 Å². The van der Waals surface area contributed by atoms with Crippen LogP contribution in [0.25, 0.3) is 0 Å². The van der Waals surface area contributed by atoms with Gasteiger partial charge in [-0.2, -0.15) is 0 Å². The predicted octanol–water partition coefficient (Wildman–Crippen LogP) is 6.55. The summed E-state index contributed by atoms with van der Waals surface area (Å²) in [6.07, 6.45) is 10.3. The maximum absolute atomic E-state index is 15.3. The molecule has 3 aromatic rings. The van der Waals surface area contributed by atoms with E-state index in [0.717, 1.165) is 43.0 Å². The number of benzene rings is 2. The molecule has 1 saturated carbocycles. The van der Waals surface area contributed by atoms with Crippen molar-refractivity contribution in [3.05, 3.63) is 100 Å². The van der Waals surface area contributed by atoms with Crippen molar-refractivity contribution in [1.29, 1.82) is 0 Å². The minimum absolute atomic E-state index is 0.00619. The zero-order valence-electron chi connectivity index (χ0n) is 26.7. The summed E-state index contributed by atoms with van der Waals surface area (Å²) in [4.78, 5) is 19.5. The summed E-state index contributed by atoms with van der Waals surface area (Å²) in [6.45, 7) is 4.79. The number of rotatable bonds is 1. The quantitative estimate of drug-likeness (QED) is 0.280. The molecule has 1 fully saturated rings. The Balaban J connectivity index is 1.44. The van der Waals surface area contributed by atoms with E-state index in [9.17, 15) is 18.3 Å². The van der Waals surface area contributed by atoms with E-state index in [2.05, 4.69) is 14.6 Å². The van der Waals surface area contributed by atoms with Gasteiger partial charge in [-0.3, -0.25) is 9.78 Å². The highest BCUT2D eigenvalue weighted by Crippen LogP contribution is 2.49. The third-order valence-corrected chi connectivity index (χ3v) is 12.4. The Labute approximate surface area is 281 Å². The van der Waals surface area contributed by atoms with Gasteiger partial charge in [0.25, 0.3) is 5.91 Å². The Morgan fingerprint density at radius 2 is 1.94 bits per heavy atom. The highest BCUT2D eigenvalue weighted by molar-refractivity contribution is 7.90. The Kier molecular flexibility index (Phi) is 9.65. The molecule has 47 heavy (non-hydrogen) atoms. The smallest absolute Gasteiger partial charge is 0.264 e. The molecule has 2 bridgehead atoms. The third-order valence-electron chi connectivity index (χ3n) is 10.3. The summed E-state index contributed by atoms with van der Waals surface area (Å²) < 4.78 is 50.7. The van der Waals surface area contributed by atoms with Gasteiger partial charge in [-0.05, 0) is 105 Å². The second-order valence-corrected chi connectivity index (χ2v) is 15.7. The molecule has 2 aromatic carbocycles. The van der Waals surface area contributed by atoms with Crippen molar-refractivity contribution in [3.63, 3.8) is 0 Å². The van der Waals surface area contributed by atoms with E-state index in [1.54, 1.807) is 44.2 Å². The summed E-state index contributed by atoms with van der Waals surface area (Å²) in [7, 11) is -4.05. The molecule has 11 heteroatoms. The lowest BCUT2D eigenvalue weighted by Crippen LogP contribution is -2.49. The molecular formula is C36H41ClFN3O5S. The van der Waals surface area contributed by atoms with E-state index in [4.69, 9.17) is 16.3 Å². The molecule has 3 heterocycles. The number of aliphatic hydroxyl groups is 1. The van der Waals surface area contributed by atoms with Crippen LogP contribution in [0.15, 0.2) is 67.0 Å². The largest absolute Gasteiger partial charge is 0.487 e. The third kappa shape index (κ3) is 6.91. The first-order valence-corrected chi connectivity index (χ1v) is 18.2. The SMILES string of the molecule is CC1C/C=C/[C@@](O)(c2ccncc2F)C2CC[C@H]2CN2CCCCc3cc(Cl)ccc3COc3ccc(cc32)C(=O)NS(=O)(=O)C1C. The molecule has 0 spiro atoms. The van der Waals surface area contributed by atoms with E-state index >= 15 is 4.39 Å². The van der Waals surface area contributed by atoms with Gasteiger partial charge >= 0.3 is 0 Å². The first-order valence-electron chi connectivity index (χ1n) is 16.3. The van der Waals surface area contributed by atoms with Gasteiger partial charge in [-0.25, -0.2) is 17.5 Å². The van der Waals surface area contributed by atoms with Gasteiger partial charge in [0.2, 0.25) is 10.0 Å². The van der Waals surface area contributed by atoms with Crippen molar-refractivity contribution < 1.29 is 27.4 Å². The number of ether oxygens (including phenoxy) is 1. The predicted molar refractivity (Wildman–Crippen MR) is 180 cm³/mol. The number of halogens is 2. The number of nitrogens with one attached hydrogen (secondary N) is 1. The average Bonchev–Trinajstić information content (AvgIpc) is 3.05. The Morgan fingerprint density at radius 1 is 1.11 bits per heavy atom. The van der Waals surface area contributed by atoms with Gasteiger partial charge < -0.3 is 14.7 Å². The van der Waals surface area contributed by atoms with Gasteiger partial charge in [0, 0.05) is 41.4 Å². The van der Waals surface area contributed by atoms with Gasteiger partial charge in [0.1, 0.15) is 23.8 Å². The lowest BCUT2D eigenvalue weighted by atomic mass is 9.62. The van der Waals surface area contributed by atoms with E-state index in [0.29, 0.717) is 49.0 Å². The van der Waals surface area contributed by atoms with Crippen LogP contribution in [-0.4, -0.2) is 42.8 Å². The van der Waals surface area contributed by atoms with Gasteiger partial charge in [-0.15, -0.1) is 0 Å². The number of pyridine rings is 1. The summed E-state index contributed by atoms with van der Waals surface area (Å²) in [6, 6.07) is 12.3. The van der Waals surface area contributed by atoms with Crippen LogP contribution in [0.2, 0.25) is 5.02 Å². The molecule has 3 unspecified atom stereocenters. The number of carbonyl (C=O) groups is 1. The number of hydrogen-bond acceptors (Lipinski definition) is 7. The van der Waals surface area contributed by atoms with Crippen LogP contribution in [0.4, 0.5) is 10.1 Å². The van der Waals surface area contributed by atoms with Crippen molar-refractivity contribution in [2.24, 2.45) is 17.8 Å². The number of anilines is 1. The number of sulfonamides is 1. The number of carbonyl (C=O) groups excluding carboxylic acids is 1. The van der Waals surface area contributed by atoms with Crippen LogP contribution in [-0.2, 0) is 28.7 Å².